The van der Waals surface area contributed by atoms with E-state index in [9.17, 15) is 5.11 Å². The molecule has 1 saturated heterocycles. The van der Waals surface area contributed by atoms with Crippen LogP contribution in [0, 0.1) is 0 Å². The molecule has 0 spiro atoms. The number of aromatic nitrogens is 4. The summed E-state index contributed by atoms with van der Waals surface area (Å²) >= 11 is 1.42. The highest BCUT2D eigenvalue weighted by Gasteiger charge is 2.25. The molecule has 1 aliphatic heterocycles. The number of nitrogens with zero attached hydrogens (tertiary/aromatic N) is 4. The number of benzene rings is 1. The van der Waals surface area contributed by atoms with Crippen molar-refractivity contribution < 1.29 is 9.84 Å². The van der Waals surface area contributed by atoms with Gasteiger partial charge >= 0.3 is 0 Å². The smallest absolute Gasteiger partial charge is 0.234 e. The molecule has 3 heterocycles. The van der Waals surface area contributed by atoms with E-state index in [1.807, 2.05) is 12.1 Å². The Morgan fingerprint density at radius 2 is 2.20 bits per heavy atom. The fourth-order valence-corrected chi connectivity index (χ4v) is 3.27. The molecule has 1 N–H and O–H groups in total. The second-order valence-corrected chi connectivity index (χ2v) is 5.69. The number of para-hydroxylation sites is 1. The molecule has 2 aromatic heterocycles. The molecule has 1 aromatic carbocycles. The van der Waals surface area contributed by atoms with Gasteiger partial charge in [-0.3, -0.25) is 0 Å². The Balaban J connectivity index is 1.81. The molecule has 1 fully saturated rings. The molecule has 4 rings (SSSR count). The number of ether oxygens (including phenoxy) is 1. The molecule has 0 bridgehead atoms. The van der Waals surface area contributed by atoms with Crippen LogP contribution in [0.25, 0.3) is 15.5 Å². The molecule has 1 atom stereocenters. The summed E-state index contributed by atoms with van der Waals surface area (Å²) in [4.78, 5) is 0.741. The summed E-state index contributed by atoms with van der Waals surface area (Å²) in [6, 6.07) is 7.17. The SMILES string of the molecule is Oc1ccccc1-c1nn2c(C3CCOC3)nnc2s1. The van der Waals surface area contributed by atoms with E-state index in [1.165, 1.54) is 11.3 Å². The van der Waals surface area contributed by atoms with E-state index in [1.54, 1.807) is 16.6 Å². The molecule has 0 amide bonds. The molecule has 7 heteroatoms. The van der Waals surface area contributed by atoms with Crippen molar-refractivity contribution >= 4 is 16.3 Å². The summed E-state index contributed by atoms with van der Waals surface area (Å²) in [6.07, 6.45) is 0.949. The van der Waals surface area contributed by atoms with Crippen LogP contribution in [0.1, 0.15) is 18.2 Å². The Hall–Kier alpha value is -1.99. The molecule has 20 heavy (non-hydrogen) atoms. The maximum absolute atomic E-state index is 9.91. The number of hydrogen-bond acceptors (Lipinski definition) is 6. The third-order valence-electron chi connectivity index (χ3n) is 3.44. The first kappa shape index (κ1) is 11.8. The summed E-state index contributed by atoms with van der Waals surface area (Å²) < 4.78 is 7.16. The first-order chi connectivity index (χ1) is 9.83. The maximum atomic E-state index is 9.91. The van der Waals surface area contributed by atoms with E-state index in [-0.39, 0.29) is 11.7 Å². The molecule has 0 aliphatic carbocycles. The van der Waals surface area contributed by atoms with Crippen molar-refractivity contribution in [3.8, 4) is 16.3 Å². The van der Waals surface area contributed by atoms with E-state index in [2.05, 4.69) is 15.3 Å². The highest BCUT2D eigenvalue weighted by molar-refractivity contribution is 7.19. The van der Waals surface area contributed by atoms with Gasteiger partial charge in [-0.05, 0) is 18.6 Å². The van der Waals surface area contributed by atoms with Crippen LogP contribution in [-0.2, 0) is 4.74 Å². The van der Waals surface area contributed by atoms with Crippen LogP contribution in [0.3, 0.4) is 0 Å². The van der Waals surface area contributed by atoms with Crippen LogP contribution < -0.4 is 0 Å². The van der Waals surface area contributed by atoms with E-state index < -0.39 is 0 Å². The summed E-state index contributed by atoms with van der Waals surface area (Å²) in [5.41, 5.74) is 0.719. The second kappa shape index (κ2) is 4.53. The summed E-state index contributed by atoms with van der Waals surface area (Å²) in [7, 11) is 0. The summed E-state index contributed by atoms with van der Waals surface area (Å²) in [5.74, 6) is 1.32. The van der Waals surface area contributed by atoms with Gasteiger partial charge in [0.15, 0.2) is 10.8 Å². The quantitative estimate of drug-likeness (QED) is 0.781. The lowest BCUT2D eigenvalue weighted by molar-refractivity contribution is 0.193. The van der Waals surface area contributed by atoms with Gasteiger partial charge in [0, 0.05) is 12.5 Å². The van der Waals surface area contributed by atoms with Crippen molar-refractivity contribution in [1.82, 2.24) is 19.8 Å². The number of phenols is 1. The van der Waals surface area contributed by atoms with Crippen molar-refractivity contribution in [2.24, 2.45) is 0 Å². The van der Waals surface area contributed by atoms with E-state index in [0.717, 1.165) is 34.4 Å². The van der Waals surface area contributed by atoms with Crippen LogP contribution in [0.4, 0.5) is 0 Å². The van der Waals surface area contributed by atoms with Crippen molar-refractivity contribution in [3.63, 3.8) is 0 Å². The van der Waals surface area contributed by atoms with Gasteiger partial charge in [0.05, 0.1) is 12.2 Å². The third kappa shape index (κ3) is 1.78. The molecule has 0 radical (unpaired) electrons. The Labute approximate surface area is 118 Å². The zero-order chi connectivity index (χ0) is 13.5. The lowest BCUT2D eigenvalue weighted by atomic mass is 10.1. The van der Waals surface area contributed by atoms with E-state index >= 15 is 0 Å². The lowest BCUT2D eigenvalue weighted by Crippen LogP contribution is -2.04. The van der Waals surface area contributed by atoms with Gasteiger partial charge in [-0.1, -0.05) is 23.5 Å². The third-order valence-corrected chi connectivity index (χ3v) is 4.38. The minimum Gasteiger partial charge on any atom is -0.507 e. The van der Waals surface area contributed by atoms with Gasteiger partial charge in [-0.2, -0.15) is 9.61 Å². The molecular weight excluding hydrogens is 276 g/mol. The van der Waals surface area contributed by atoms with Crippen LogP contribution >= 0.6 is 11.3 Å². The standard InChI is InChI=1S/C13H12N4O2S/c18-10-4-2-1-3-9(10)12-16-17-11(8-5-6-19-7-8)14-15-13(17)20-12/h1-4,8,18H,5-7H2. The van der Waals surface area contributed by atoms with Crippen molar-refractivity contribution in [1.29, 1.82) is 0 Å². The molecule has 1 unspecified atom stereocenters. The van der Waals surface area contributed by atoms with E-state index in [0.29, 0.717) is 6.61 Å². The fourth-order valence-electron chi connectivity index (χ4n) is 2.39. The van der Waals surface area contributed by atoms with E-state index in [4.69, 9.17) is 4.74 Å². The van der Waals surface area contributed by atoms with Crippen molar-refractivity contribution in [2.45, 2.75) is 12.3 Å². The number of hydrogen-bond donors (Lipinski definition) is 1. The largest absolute Gasteiger partial charge is 0.507 e. The average Bonchev–Trinajstić information content (AvgIpc) is 3.14. The second-order valence-electron chi connectivity index (χ2n) is 4.74. The number of rotatable bonds is 2. The number of aromatic hydroxyl groups is 1. The van der Waals surface area contributed by atoms with Crippen molar-refractivity contribution in [2.75, 3.05) is 13.2 Å². The minimum atomic E-state index is 0.225. The zero-order valence-electron chi connectivity index (χ0n) is 10.6. The van der Waals surface area contributed by atoms with Gasteiger partial charge in [-0.25, -0.2) is 0 Å². The summed E-state index contributed by atoms with van der Waals surface area (Å²) in [6.45, 7) is 1.43. The zero-order valence-corrected chi connectivity index (χ0v) is 11.4. The number of fused-ring (bicyclic) bond motifs is 1. The Morgan fingerprint density at radius 1 is 1.30 bits per heavy atom. The first-order valence-corrected chi connectivity index (χ1v) is 7.23. The van der Waals surface area contributed by atoms with Crippen LogP contribution in [-0.4, -0.2) is 38.1 Å². The summed E-state index contributed by atoms with van der Waals surface area (Å²) in [5, 5.41) is 23.6. The Kier molecular flexibility index (Phi) is 2.68. The maximum Gasteiger partial charge on any atom is 0.234 e. The normalized spacial score (nSPS) is 18.9. The predicted octanol–water partition coefficient (Wildman–Crippen LogP) is 2.06. The number of phenolic OH excluding ortho intramolecular Hbond substituents is 1. The van der Waals surface area contributed by atoms with Gasteiger partial charge in [0.2, 0.25) is 4.96 Å². The van der Waals surface area contributed by atoms with Gasteiger partial charge in [0.1, 0.15) is 5.75 Å². The molecule has 1 aliphatic rings. The van der Waals surface area contributed by atoms with Gasteiger partial charge < -0.3 is 9.84 Å². The fraction of sp³-hybridized carbons (Fsp3) is 0.308. The van der Waals surface area contributed by atoms with Crippen LogP contribution in [0.2, 0.25) is 0 Å². The molecule has 6 nitrogen and oxygen atoms in total. The molecular formula is C13H12N4O2S. The Bertz CT molecular complexity index is 761. The van der Waals surface area contributed by atoms with Crippen LogP contribution in [0.5, 0.6) is 5.75 Å². The van der Waals surface area contributed by atoms with Gasteiger partial charge in [-0.15, -0.1) is 10.2 Å². The average molecular weight is 288 g/mol. The molecule has 3 aromatic rings. The first-order valence-electron chi connectivity index (χ1n) is 6.41. The topological polar surface area (TPSA) is 72.5 Å². The van der Waals surface area contributed by atoms with Crippen LogP contribution in [0.15, 0.2) is 24.3 Å². The monoisotopic (exact) mass is 288 g/mol. The minimum absolute atomic E-state index is 0.225. The molecule has 0 saturated carbocycles. The highest BCUT2D eigenvalue weighted by atomic mass is 32.1. The lowest BCUT2D eigenvalue weighted by Gasteiger charge is -2.02. The highest BCUT2D eigenvalue weighted by Crippen LogP contribution is 2.33. The Morgan fingerprint density at radius 3 is 3.00 bits per heavy atom. The molecule has 102 valence electrons. The predicted molar refractivity (Wildman–Crippen MR) is 73.9 cm³/mol. The van der Waals surface area contributed by atoms with Gasteiger partial charge in [0.25, 0.3) is 0 Å². The van der Waals surface area contributed by atoms with Crippen molar-refractivity contribution in [3.05, 3.63) is 30.1 Å².